The number of rotatable bonds is 4. The monoisotopic (exact) mass is 821 g/mol. The van der Waals surface area contributed by atoms with Gasteiger partial charge < -0.3 is 14.2 Å². The van der Waals surface area contributed by atoms with Crippen LogP contribution >= 0.6 is 67.8 Å². The Bertz CT molecular complexity index is 1040. The number of piperidine rings is 1. The molecule has 1 saturated carbocycles. The summed E-state index contributed by atoms with van der Waals surface area (Å²) < 4.78 is 20.1. The summed E-state index contributed by atoms with van der Waals surface area (Å²) in [7, 11) is 2.10. The van der Waals surface area contributed by atoms with Crippen LogP contribution in [-0.2, 0) is 23.8 Å². The second-order valence-corrected chi connectivity index (χ2v) is 14.5. The van der Waals surface area contributed by atoms with Crippen LogP contribution in [-0.4, -0.2) is 59.2 Å². The van der Waals surface area contributed by atoms with Crippen molar-refractivity contribution in [1.29, 1.82) is 0 Å². The van der Waals surface area contributed by atoms with Gasteiger partial charge in [-0.3, -0.25) is 14.5 Å². The first-order valence-electron chi connectivity index (χ1n) is 11.7. The summed E-state index contributed by atoms with van der Waals surface area (Å²) in [6.07, 6.45) is 0.566. The molecule has 4 rings (SSSR count). The number of halogens is 3. The maximum absolute atomic E-state index is 13.4. The van der Waals surface area contributed by atoms with Crippen LogP contribution in [0.4, 0.5) is 0 Å². The molecule has 3 aliphatic rings. The quantitative estimate of drug-likeness (QED) is 0.180. The van der Waals surface area contributed by atoms with Crippen molar-refractivity contribution in [3.05, 3.63) is 28.4 Å². The average molecular weight is 821 g/mol. The summed E-state index contributed by atoms with van der Waals surface area (Å²) in [4.78, 5) is 41.3. The zero-order chi connectivity index (χ0) is 25.9. The second-order valence-electron chi connectivity index (χ2n) is 11.0. The molecule has 0 amide bonds. The van der Waals surface area contributed by atoms with Crippen LogP contribution in [0.1, 0.15) is 63.7 Å². The number of fused-ring (bicyclic) bond motifs is 2. The predicted molar refractivity (Wildman–Crippen MR) is 155 cm³/mol. The van der Waals surface area contributed by atoms with E-state index in [0.29, 0.717) is 24.8 Å². The van der Waals surface area contributed by atoms with E-state index in [4.69, 9.17) is 14.2 Å². The summed E-state index contributed by atoms with van der Waals surface area (Å²) in [5.74, 6) is -2.50. The first-order chi connectivity index (χ1) is 16.2. The number of benzene rings is 1. The third-order valence-electron chi connectivity index (χ3n) is 7.77. The van der Waals surface area contributed by atoms with Gasteiger partial charge in [0.2, 0.25) is 0 Å². The van der Waals surface area contributed by atoms with Crippen molar-refractivity contribution in [2.45, 2.75) is 82.8 Å². The van der Waals surface area contributed by atoms with Gasteiger partial charge >= 0.3 is 17.9 Å². The Kier molecular flexibility index (Phi) is 8.07. The van der Waals surface area contributed by atoms with Gasteiger partial charge in [-0.05, 0) is 115 Å². The van der Waals surface area contributed by atoms with Crippen LogP contribution in [0.5, 0.6) is 0 Å². The molecule has 7 nitrogen and oxygen atoms in total. The number of hydrogen-bond acceptors (Lipinski definition) is 7. The molecule has 0 radical (unpaired) electrons. The third kappa shape index (κ3) is 5.64. The van der Waals surface area contributed by atoms with E-state index in [2.05, 4.69) is 107 Å². The third-order valence-corrected chi connectivity index (χ3v) is 11.4. The lowest BCUT2D eigenvalue weighted by molar-refractivity contribution is -0.168. The van der Waals surface area contributed by atoms with E-state index in [-0.39, 0.29) is 23.6 Å². The van der Waals surface area contributed by atoms with Crippen molar-refractivity contribution >= 4 is 85.7 Å². The molecular weight excluding hydrogens is 791 g/mol. The van der Waals surface area contributed by atoms with Crippen molar-refractivity contribution < 1.29 is 28.6 Å². The highest BCUT2D eigenvalue weighted by molar-refractivity contribution is 14.1. The van der Waals surface area contributed by atoms with E-state index < -0.39 is 42.0 Å². The molecule has 4 unspecified atom stereocenters. The average Bonchev–Trinajstić information content (AvgIpc) is 3.06. The van der Waals surface area contributed by atoms with Crippen LogP contribution in [0, 0.1) is 22.5 Å². The van der Waals surface area contributed by atoms with Gasteiger partial charge in [0.25, 0.3) is 0 Å². The lowest BCUT2D eigenvalue weighted by atomic mass is 9.77. The lowest BCUT2D eigenvalue weighted by Gasteiger charge is -2.53. The van der Waals surface area contributed by atoms with Crippen molar-refractivity contribution in [3.8, 4) is 0 Å². The van der Waals surface area contributed by atoms with Crippen molar-refractivity contribution in [2.75, 3.05) is 7.05 Å². The van der Waals surface area contributed by atoms with E-state index in [0.717, 1.165) is 10.7 Å². The van der Waals surface area contributed by atoms with Crippen molar-refractivity contribution in [3.63, 3.8) is 0 Å². The predicted octanol–water partition coefficient (Wildman–Crippen LogP) is 5.17. The van der Waals surface area contributed by atoms with E-state index in [1.165, 1.54) is 0 Å². The Morgan fingerprint density at radius 3 is 2.29 bits per heavy atom. The second kappa shape index (κ2) is 10.2. The highest BCUT2D eigenvalue weighted by Gasteiger charge is 2.54. The van der Waals surface area contributed by atoms with Gasteiger partial charge in [0.05, 0.1) is 17.4 Å². The number of carbonyl (C=O) groups is 3. The largest absolute Gasteiger partial charge is 0.462 e. The molecule has 192 valence electrons. The molecule has 3 fully saturated rings. The number of ether oxygens (including phenoxy) is 3. The maximum Gasteiger partial charge on any atom is 0.339 e. The van der Waals surface area contributed by atoms with Crippen molar-refractivity contribution in [1.82, 2.24) is 4.90 Å². The highest BCUT2D eigenvalue weighted by Crippen LogP contribution is 2.43. The standard InChI is InChI=1S/C25H30I3NO6/c1-24(2)10-13(11-25(3,4)29(24)5)33-21(30)14-8-19(18-9-15(14)22(31)34-18)35-23(32)16-6-12(26)7-17(27)20(16)28/h6-7,13-15,18-19H,8-11H2,1-5H3. The molecule has 0 spiro atoms. The molecular formula is C25H30I3NO6. The molecule has 35 heavy (non-hydrogen) atoms. The Morgan fingerprint density at radius 2 is 1.66 bits per heavy atom. The van der Waals surface area contributed by atoms with Crippen LogP contribution < -0.4 is 0 Å². The minimum absolute atomic E-state index is 0.128. The van der Waals surface area contributed by atoms with Crippen LogP contribution in [0.3, 0.4) is 0 Å². The zero-order valence-electron chi connectivity index (χ0n) is 20.4. The fraction of sp³-hybridized carbons (Fsp3) is 0.640. The van der Waals surface area contributed by atoms with Crippen LogP contribution in [0.2, 0.25) is 0 Å². The number of nitrogens with zero attached hydrogens (tertiary/aromatic N) is 1. The molecule has 1 aromatic carbocycles. The fourth-order valence-electron chi connectivity index (χ4n) is 5.66. The molecule has 1 aliphatic carbocycles. The molecule has 2 saturated heterocycles. The van der Waals surface area contributed by atoms with Crippen LogP contribution in [0.15, 0.2) is 12.1 Å². The number of likely N-dealkylation sites (tertiary alicyclic amines) is 1. The van der Waals surface area contributed by atoms with Crippen molar-refractivity contribution in [2.24, 2.45) is 11.8 Å². The number of esters is 3. The molecule has 0 aromatic heterocycles. The highest BCUT2D eigenvalue weighted by atomic mass is 127. The smallest absolute Gasteiger partial charge is 0.339 e. The Labute approximate surface area is 247 Å². The van der Waals surface area contributed by atoms with Gasteiger partial charge in [-0.2, -0.15) is 0 Å². The molecule has 10 heteroatoms. The minimum atomic E-state index is -0.681. The van der Waals surface area contributed by atoms with Gasteiger partial charge in [-0.1, -0.05) is 0 Å². The lowest BCUT2D eigenvalue weighted by Crippen LogP contribution is -2.60. The summed E-state index contributed by atoms with van der Waals surface area (Å²) in [6.45, 7) is 8.60. The first-order valence-corrected chi connectivity index (χ1v) is 14.9. The topological polar surface area (TPSA) is 82.1 Å². The molecule has 0 N–H and O–H groups in total. The zero-order valence-corrected chi connectivity index (χ0v) is 26.9. The van der Waals surface area contributed by atoms with E-state index >= 15 is 0 Å². The molecule has 2 bridgehead atoms. The van der Waals surface area contributed by atoms with E-state index in [1.54, 1.807) is 6.07 Å². The summed E-state index contributed by atoms with van der Waals surface area (Å²) in [5.41, 5.74) is 0.218. The summed E-state index contributed by atoms with van der Waals surface area (Å²) in [5, 5.41) is 0. The summed E-state index contributed by atoms with van der Waals surface area (Å²) in [6, 6.07) is 3.77. The van der Waals surface area contributed by atoms with Gasteiger partial charge in [-0.25, -0.2) is 4.79 Å². The molecule has 2 heterocycles. The van der Waals surface area contributed by atoms with Gasteiger partial charge in [0, 0.05) is 47.5 Å². The number of carbonyl (C=O) groups excluding carboxylic acids is 3. The normalized spacial score (nSPS) is 30.0. The van der Waals surface area contributed by atoms with Crippen LogP contribution in [0.25, 0.3) is 0 Å². The fourth-order valence-corrected chi connectivity index (χ4v) is 8.03. The number of hydrogen-bond donors (Lipinski definition) is 0. The molecule has 2 aliphatic heterocycles. The Balaban J connectivity index is 1.49. The van der Waals surface area contributed by atoms with Gasteiger partial charge in [0.1, 0.15) is 18.3 Å². The van der Waals surface area contributed by atoms with E-state index in [9.17, 15) is 14.4 Å². The summed E-state index contributed by atoms with van der Waals surface area (Å²) >= 11 is 6.49. The van der Waals surface area contributed by atoms with E-state index in [1.807, 2.05) is 6.07 Å². The Hall–Kier alpha value is -0.220. The SMILES string of the molecule is CN1C(C)(C)CC(OC(=O)C2CC(OC(=O)c3cc(I)cc(I)c3I)C3CC2C(=O)O3)CC1(C)C. The van der Waals surface area contributed by atoms with Gasteiger partial charge in [0.15, 0.2) is 0 Å². The maximum atomic E-state index is 13.4. The Morgan fingerprint density at radius 1 is 1.03 bits per heavy atom. The first kappa shape index (κ1) is 27.8. The molecule has 4 atom stereocenters. The molecule has 1 aromatic rings. The minimum Gasteiger partial charge on any atom is -0.462 e. The van der Waals surface area contributed by atoms with Gasteiger partial charge in [-0.15, -0.1) is 0 Å².